The standard InChI is InChI=1S/C19H12BrN3O2/c20-13-7-9-14(10-8-13)22-11-3-4-15(22)12-21-23-18(24)16-5-1-2-6-17(16)19(23)25/h1-12H/b21-12-. The predicted octanol–water partition coefficient (Wildman–Crippen LogP) is 3.87. The molecule has 5 nitrogen and oxygen atoms in total. The van der Waals surface area contributed by atoms with Crippen LogP contribution in [0.5, 0.6) is 0 Å². The van der Waals surface area contributed by atoms with Crippen LogP contribution >= 0.6 is 15.9 Å². The number of carbonyl (C=O) groups is 2. The van der Waals surface area contributed by atoms with Crippen molar-refractivity contribution in [3.8, 4) is 5.69 Å². The van der Waals surface area contributed by atoms with E-state index < -0.39 is 11.8 Å². The third kappa shape index (κ3) is 2.70. The summed E-state index contributed by atoms with van der Waals surface area (Å²) in [5, 5.41) is 5.03. The van der Waals surface area contributed by atoms with E-state index in [1.165, 1.54) is 6.21 Å². The average Bonchev–Trinajstić information content (AvgIpc) is 3.19. The molecule has 2 heterocycles. The fraction of sp³-hybridized carbons (Fsp3) is 0. The molecule has 1 aliphatic rings. The first-order chi connectivity index (χ1) is 12.1. The molecule has 6 heteroatoms. The first-order valence-electron chi connectivity index (χ1n) is 7.60. The maximum Gasteiger partial charge on any atom is 0.282 e. The van der Waals surface area contributed by atoms with E-state index >= 15 is 0 Å². The quantitative estimate of drug-likeness (QED) is 0.500. The number of imide groups is 1. The Hall–Kier alpha value is -2.99. The molecule has 0 bridgehead atoms. The third-order valence-electron chi connectivity index (χ3n) is 3.96. The maximum atomic E-state index is 12.3. The molecular formula is C19H12BrN3O2. The smallest absolute Gasteiger partial charge is 0.282 e. The minimum absolute atomic E-state index is 0.382. The van der Waals surface area contributed by atoms with Gasteiger partial charge in [0.2, 0.25) is 0 Å². The zero-order valence-corrected chi connectivity index (χ0v) is 14.6. The number of benzene rings is 2. The minimum atomic E-state index is -0.404. The van der Waals surface area contributed by atoms with Crippen LogP contribution < -0.4 is 0 Å². The lowest BCUT2D eigenvalue weighted by Crippen LogP contribution is -2.24. The topological polar surface area (TPSA) is 54.7 Å². The van der Waals surface area contributed by atoms with Crippen molar-refractivity contribution >= 4 is 34.0 Å². The Morgan fingerprint density at radius 3 is 2.12 bits per heavy atom. The minimum Gasteiger partial charge on any atom is -0.316 e. The predicted molar refractivity (Wildman–Crippen MR) is 98.0 cm³/mol. The molecule has 2 amide bonds. The lowest BCUT2D eigenvalue weighted by Gasteiger charge is -2.08. The van der Waals surface area contributed by atoms with Gasteiger partial charge in [0.1, 0.15) is 0 Å². The SMILES string of the molecule is O=C1c2ccccc2C(=O)N1/N=C\c1cccn1-c1ccc(Br)cc1. The number of fused-ring (bicyclic) bond motifs is 1. The average molecular weight is 394 g/mol. The Kier molecular flexibility index (Phi) is 3.82. The lowest BCUT2D eigenvalue weighted by atomic mass is 10.1. The van der Waals surface area contributed by atoms with E-state index in [-0.39, 0.29) is 0 Å². The summed E-state index contributed by atoms with van der Waals surface area (Å²) in [6.45, 7) is 0. The number of hydrogen-bond donors (Lipinski definition) is 0. The van der Waals surface area contributed by atoms with Crippen molar-refractivity contribution in [3.05, 3.63) is 88.2 Å². The van der Waals surface area contributed by atoms with Gasteiger partial charge in [-0.25, -0.2) is 0 Å². The van der Waals surface area contributed by atoms with E-state index in [0.29, 0.717) is 11.1 Å². The van der Waals surface area contributed by atoms with Gasteiger partial charge in [0.05, 0.1) is 23.0 Å². The van der Waals surface area contributed by atoms with Crippen molar-refractivity contribution in [2.24, 2.45) is 5.10 Å². The highest BCUT2D eigenvalue weighted by molar-refractivity contribution is 9.10. The maximum absolute atomic E-state index is 12.3. The first-order valence-corrected chi connectivity index (χ1v) is 8.39. The van der Waals surface area contributed by atoms with E-state index in [1.807, 2.05) is 47.2 Å². The van der Waals surface area contributed by atoms with Crippen molar-refractivity contribution in [3.63, 3.8) is 0 Å². The molecule has 25 heavy (non-hydrogen) atoms. The van der Waals surface area contributed by atoms with Crippen molar-refractivity contribution in [1.82, 2.24) is 9.58 Å². The molecule has 0 spiro atoms. The molecule has 122 valence electrons. The van der Waals surface area contributed by atoms with Gasteiger partial charge in [-0.15, -0.1) is 0 Å². The van der Waals surface area contributed by atoms with E-state index in [4.69, 9.17) is 0 Å². The van der Waals surface area contributed by atoms with Crippen LogP contribution in [0.25, 0.3) is 5.69 Å². The summed E-state index contributed by atoms with van der Waals surface area (Å²) in [6, 6.07) is 18.3. The molecule has 1 aromatic heterocycles. The largest absolute Gasteiger partial charge is 0.316 e. The molecule has 0 fully saturated rings. The molecule has 0 saturated carbocycles. The van der Waals surface area contributed by atoms with Gasteiger partial charge in [-0.1, -0.05) is 28.1 Å². The molecule has 0 aliphatic carbocycles. The summed E-state index contributed by atoms with van der Waals surface area (Å²) in [5.41, 5.74) is 2.48. The zero-order chi connectivity index (χ0) is 17.4. The first kappa shape index (κ1) is 15.5. The number of hydrogen-bond acceptors (Lipinski definition) is 3. The number of aromatic nitrogens is 1. The van der Waals surface area contributed by atoms with Gasteiger partial charge >= 0.3 is 0 Å². The number of halogens is 1. The molecule has 0 atom stereocenters. The second-order valence-electron chi connectivity index (χ2n) is 5.49. The molecule has 0 saturated heterocycles. The Balaban J connectivity index is 1.64. The Morgan fingerprint density at radius 2 is 1.48 bits per heavy atom. The van der Waals surface area contributed by atoms with Gasteiger partial charge in [-0.3, -0.25) is 9.59 Å². The van der Waals surface area contributed by atoms with Crippen LogP contribution in [0, 0.1) is 0 Å². The van der Waals surface area contributed by atoms with E-state index in [9.17, 15) is 9.59 Å². The van der Waals surface area contributed by atoms with Crippen LogP contribution in [-0.4, -0.2) is 27.6 Å². The van der Waals surface area contributed by atoms with Crippen LogP contribution in [0.3, 0.4) is 0 Å². The highest BCUT2D eigenvalue weighted by atomic mass is 79.9. The number of nitrogens with zero attached hydrogens (tertiary/aromatic N) is 3. The fourth-order valence-electron chi connectivity index (χ4n) is 2.73. The van der Waals surface area contributed by atoms with Crippen LogP contribution in [0.15, 0.2) is 76.4 Å². The van der Waals surface area contributed by atoms with E-state index in [2.05, 4.69) is 21.0 Å². The summed E-state index contributed by atoms with van der Waals surface area (Å²) in [4.78, 5) is 24.7. The number of hydrazone groups is 1. The van der Waals surface area contributed by atoms with Gasteiger partial charge in [0.15, 0.2) is 0 Å². The molecule has 3 aromatic rings. The third-order valence-corrected chi connectivity index (χ3v) is 4.49. The molecule has 4 rings (SSSR count). The second-order valence-corrected chi connectivity index (χ2v) is 6.41. The van der Waals surface area contributed by atoms with Crippen LogP contribution in [0.4, 0.5) is 0 Å². The summed E-state index contributed by atoms with van der Waals surface area (Å²) >= 11 is 3.41. The van der Waals surface area contributed by atoms with Gasteiger partial charge in [0, 0.05) is 16.4 Å². The van der Waals surface area contributed by atoms with Crippen molar-refractivity contribution in [1.29, 1.82) is 0 Å². The van der Waals surface area contributed by atoms with Crippen LogP contribution in [0.2, 0.25) is 0 Å². The van der Waals surface area contributed by atoms with Gasteiger partial charge < -0.3 is 4.57 Å². The lowest BCUT2D eigenvalue weighted by molar-refractivity contribution is 0.0660. The number of carbonyl (C=O) groups excluding carboxylic acids is 2. The van der Waals surface area contributed by atoms with Crippen molar-refractivity contribution in [2.45, 2.75) is 0 Å². The summed E-state index contributed by atoms with van der Waals surface area (Å²) in [7, 11) is 0. The van der Waals surface area contributed by atoms with Gasteiger partial charge in [-0.2, -0.15) is 10.1 Å². The number of rotatable bonds is 3. The highest BCUT2D eigenvalue weighted by Crippen LogP contribution is 2.23. The van der Waals surface area contributed by atoms with Crippen molar-refractivity contribution < 1.29 is 9.59 Å². The summed E-state index contributed by atoms with van der Waals surface area (Å²) in [6.07, 6.45) is 3.41. The molecule has 0 radical (unpaired) electrons. The highest BCUT2D eigenvalue weighted by Gasteiger charge is 2.35. The molecule has 2 aromatic carbocycles. The summed E-state index contributed by atoms with van der Waals surface area (Å²) in [5.74, 6) is -0.808. The second kappa shape index (κ2) is 6.14. The zero-order valence-electron chi connectivity index (χ0n) is 13.0. The summed E-state index contributed by atoms with van der Waals surface area (Å²) < 4.78 is 2.92. The molecule has 0 unspecified atom stereocenters. The van der Waals surface area contributed by atoms with E-state index in [0.717, 1.165) is 20.9 Å². The normalized spacial score (nSPS) is 13.7. The van der Waals surface area contributed by atoms with Crippen LogP contribution in [-0.2, 0) is 0 Å². The van der Waals surface area contributed by atoms with Crippen molar-refractivity contribution in [2.75, 3.05) is 0 Å². The Labute approximate surface area is 152 Å². The monoisotopic (exact) mass is 393 g/mol. The molecule has 0 N–H and O–H groups in total. The van der Waals surface area contributed by atoms with Crippen LogP contribution in [0.1, 0.15) is 26.4 Å². The molecular weight excluding hydrogens is 382 g/mol. The Bertz CT molecular complexity index is 971. The van der Waals surface area contributed by atoms with Gasteiger partial charge in [-0.05, 0) is 48.5 Å². The van der Waals surface area contributed by atoms with Gasteiger partial charge in [0.25, 0.3) is 11.8 Å². The Morgan fingerprint density at radius 1 is 0.840 bits per heavy atom. The number of amides is 2. The van der Waals surface area contributed by atoms with E-state index in [1.54, 1.807) is 24.3 Å². The molecule has 1 aliphatic heterocycles. The fourth-order valence-corrected chi connectivity index (χ4v) is 3.00.